The van der Waals surface area contributed by atoms with Crippen LogP contribution in [0.1, 0.15) is 23.2 Å². The van der Waals surface area contributed by atoms with E-state index in [1.807, 2.05) is 6.07 Å². The van der Waals surface area contributed by atoms with E-state index >= 15 is 0 Å². The molecule has 7 heteroatoms. The maximum atomic E-state index is 12.6. The normalized spacial score (nSPS) is 17.4. The maximum absolute atomic E-state index is 12.6. The van der Waals surface area contributed by atoms with Gasteiger partial charge in [-0.1, -0.05) is 11.6 Å². The number of rotatable bonds is 4. The molecule has 1 aliphatic heterocycles. The Labute approximate surface area is 146 Å². The molecule has 1 fully saturated rings. The monoisotopic (exact) mass is 345 g/mol. The summed E-state index contributed by atoms with van der Waals surface area (Å²) >= 11 is 6.03. The van der Waals surface area contributed by atoms with Crippen molar-refractivity contribution in [2.45, 2.75) is 18.9 Å². The molecule has 1 amide bonds. The van der Waals surface area contributed by atoms with Gasteiger partial charge >= 0.3 is 0 Å². The largest absolute Gasteiger partial charge is 0.387 e. The number of aromatic nitrogens is 2. The Kier molecular flexibility index (Phi) is 5.15. The number of amides is 1. The van der Waals surface area contributed by atoms with Gasteiger partial charge in [-0.3, -0.25) is 9.78 Å². The molecular weight excluding hydrogens is 326 g/mol. The Morgan fingerprint density at radius 3 is 3.00 bits per heavy atom. The van der Waals surface area contributed by atoms with Gasteiger partial charge in [0.25, 0.3) is 5.91 Å². The van der Waals surface area contributed by atoms with Crippen LogP contribution < -0.4 is 15.5 Å². The fraction of sp³-hybridized carbons (Fsp3) is 0.353. The average Bonchev–Trinajstić information content (AvgIpc) is 2.62. The summed E-state index contributed by atoms with van der Waals surface area (Å²) in [4.78, 5) is 23.2. The van der Waals surface area contributed by atoms with Gasteiger partial charge in [0.15, 0.2) is 0 Å². The minimum absolute atomic E-state index is 0.0666. The molecule has 1 aromatic heterocycles. The number of carbonyl (C=O) groups excluding carboxylic acids is 1. The molecule has 1 aromatic carbocycles. The highest BCUT2D eigenvalue weighted by molar-refractivity contribution is 6.31. The van der Waals surface area contributed by atoms with Gasteiger partial charge in [0, 0.05) is 49.3 Å². The second-order valence-electron chi connectivity index (χ2n) is 5.76. The summed E-state index contributed by atoms with van der Waals surface area (Å²) in [5, 5.41) is 6.68. The first-order valence-corrected chi connectivity index (χ1v) is 8.34. The zero-order valence-electron chi connectivity index (χ0n) is 13.5. The molecule has 0 bridgehead atoms. The third-order valence-electron chi connectivity index (χ3n) is 4.13. The van der Waals surface area contributed by atoms with Crippen LogP contribution in [0.5, 0.6) is 0 Å². The third kappa shape index (κ3) is 3.76. The van der Waals surface area contributed by atoms with Gasteiger partial charge in [0.05, 0.1) is 11.8 Å². The molecule has 1 atom stereocenters. The van der Waals surface area contributed by atoms with E-state index in [1.54, 1.807) is 37.8 Å². The van der Waals surface area contributed by atoms with Crippen LogP contribution in [0.4, 0.5) is 11.5 Å². The molecule has 1 aliphatic rings. The van der Waals surface area contributed by atoms with E-state index in [4.69, 9.17) is 11.6 Å². The number of hydrogen-bond donors (Lipinski definition) is 2. The van der Waals surface area contributed by atoms with Crippen molar-refractivity contribution in [3.05, 3.63) is 47.4 Å². The second kappa shape index (κ2) is 7.49. The van der Waals surface area contributed by atoms with Gasteiger partial charge in [-0.25, -0.2) is 4.98 Å². The summed E-state index contributed by atoms with van der Waals surface area (Å²) in [5.74, 6) is 0.725. The van der Waals surface area contributed by atoms with E-state index < -0.39 is 0 Å². The van der Waals surface area contributed by atoms with E-state index in [0.717, 1.165) is 37.4 Å². The van der Waals surface area contributed by atoms with Crippen molar-refractivity contribution in [2.24, 2.45) is 0 Å². The second-order valence-corrected chi connectivity index (χ2v) is 6.20. The number of piperidine rings is 1. The zero-order chi connectivity index (χ0) is 16.9. The van der Waals surface area contributed by atoms with Gasteiger partial charge in [0.1, 0.15) is 5.82 Å². The SMILES string of the molecule is CNc1ccc(Cl)cc1C(=O)NC1CCCN(c2cnccn2)C1. The van der Waals surface area contributed by atoms with Crippen LogP contribution in [-0.4, -0.2) is 42.1 Å². The van der Waals surface area contributed by atoms with E-state index in [0.29, 0.717) is 10.6 Å². The standard InChI is InChI=1S/C17H20ClN5O/c1-19-15-5-4-12(18)9-14(15)17(24)22-13-3-2-8-23(11-13)16-10-20-6-7-21-16/h4-7,9-10,13,19H,2-3,8,11H2,1H3,(H,22,24). The van der Waals surface area contributed by atoms with E-state index in [2.05, 4.69) is 25.5 Å². The van der Waals surface area contributed by atoms with Crippen LogP contribution in [0.15, 0.2) is 36.8 Å². The van der Waals surface area contributed by atoms with Crippen molar-refractivity contribution in [1.82, 2.24) is 15.3 Å². The molecule has 1 unspecified atom stereocenters. The van der Waals surface area contributed by atoms with Gasteiger partial charge in [-0.2, -0.15) is 0 Å². The lowest BCUT2D eigenvalue weighted by Gasteiger charge is -2.33. The Hall–Kier alpha value is -2.34. The van der Waals surface area contributed by atoms with Crippen molar-refractivity contribution in [1.29, 1.82) is 0 Å². The van der Waals surface area contributed by atoms with E-state index in [1.165, 1.54) is 0 Å². The molecule has 24 heavy (non-hydrogen) atoms. The summed E-state index contributed by atoms with van der Waals surface area (Å²) < 4.78 is 0. The summed E-state index contributed by atoms with van der Waals surface area (Å²) in [6.07, 6.45) is 7.03. The van der Waals surface area contributed by atoms with Crippen molar-refractivity contribution < 1.29 is 4.79 Å². The summed E-state index contributed by atoms with van der Waals surface area (Å²) in [6, 6.07) is 5.33. The van der Waals surface area contributed by atoms with Crippen LogP contribution in [0.25, 0.3) is 0 Å². The molecular formula is C17H20ClN5O. The number of carbonyl (C=O) groups is 1. The van der Waals surface area contributed by atoms with E-state index in [-0.39, 0.29) is 11.9 Å². The van der Waals surface area contributed by atoms with Crippen molar-refractivity contribution in [3.63, 3.8) is 0 Å². The first-order chi connectivity index (χ1) is 11.7. The highest BCUT2D eigenvalue weighted by atomic mass is 35.5. The van der Waals surface area contributed by atoms with Crippen LogP contribution in [0.2, 0.25) is 5.02 Å². The number of nitrogens with zero attached hydrogens (tertiary/aromatic N) is 3. The topological polar surface area (TPSA) is 70.2 Å². The molecule has 2 heterocycles. The van der Waals surface area contributed by atoms with Crippen LogP contribution in [0, 0.1) is 0 Å². The van der Waals surface area contributed by atoms with Crippen molar-refractivity contribution in [2.75, 3.05) is 30.4 Å². The molecule has 126 valence electrons. The molecule has 6 nitrogen and oxygen atoms in total. The van der Waals surface area contributed by atoms with Crippen LogP contribution >= 0.6 is 11.6 Å². The van der Waals surface area contributed by atoms with E-state index in [9.17, 15) is 4.79 Å². The van der Waals surface area contributed by atoms with Crippen LogP contribution in [-0.2, 0) is 0 Å². The minimum Gasteiger partial charge on any atom is -0.387 e. The molecule has 2 N–H and O–H groups in total. The molecule has 1 saturated heterocycles. The lowest BCUT2D eigenvalue weighted by Crippen LogP contribution is -2.48. The van der Waals surface area contributed by atoms with Gasteiger partial charge in [0.2, 0.25) is 0 Å². The number of halogens is 1. The Morgan fingerprint density at radius 2 is 2.25 bits per heavy atom. The summed E-state index contributed by atoms with van der Waals surface area (Å²) in [5.41, 5.74) is 1.32. The predicted octanol–water partition coefficient (Wildman–Crippen LogP) is 2.57. The lowest BCUT2D eigenvalue weighted by molar-refractivity contribution is 0.0934. The van der Waals surface area contributed by atoms with Crippen LogP contribution in [0.3, 0.4) is 0 Å². The number of benzene rings is 1. The minimum atomic E-state index is -0.118. The summed E-state index contributed by atoms with van der Waals surface area (Å²) in [7, 11) is 1.79. The first kappa shape index (κ1) is 16.5. The fourth-order valence-corrected chi connectivity index (χ4v) is 3.12. The third-order valence-corrected chi connectivity index (χ3v) is 4.36. The van der Waals surface area contributed by atoms with Gasteiger partial charge < -0.3 is 15.5 Å². The Morgan fingerprint density at radius 1 is 1.38 bits per heavy atom. The number of anilines is 2. The maximum Gasteiger partial charge on any atom is 0.253 e. The number of nitrogens with one attached hydrogen (secondary N) is 2. The molecule has 2 aromatic rings. The molecule has 0 spiro atoms. The zero-order valence-corrected chi connectivity index (χ0v) is 14.3. The molecule has 0 aliphatic carbocycles. The van der Waals surface area contributed by atoms with Crippen molar-refractivity contribution in [3.8, 4) is 0 Å². The average molecular weight is 346 g/mol. The van der Waals surface area contributed by atoms with Crippen molar-refractivity contribution >= 4 is 29.0 Å². The molecule has 3 rings (SSSR count). The predicted molar refractivity (Wildman–Crippen MR) is 95.7 cm³/mol. The Bertz CT molecular complexity index is 709. The lowest BCUT2D eigenvalue weighted by atomic mass is 10.0. The smallest absolute Gasteiger partial charge is 0.253 e. The molecule has 0 saturated carbocycles. The quantitative estimate of drug-likeness (QED) is 0.891. The summed E-state index contributed by atoms with van der Waals surface area (Å²) in [6.45, 7) is 1.64. The first-order valence-electron chi connectivity index (χ1n) is 7.96. The highest BCUT2D eigenvalue weighted by Gasteiger charge is 2.23. The highest BCUT2D eigenvalue weighted by Crippen LogP contribution is 2.21. The number of hydrogen-bond acceptors (Lipinski definition) is 5. The Balaban J connectivity index is 1.69. The van der Waals surface area contributed by atoms with Gasteiger partial charge in [-0.15, -0.1) is 0 Å². The molecule has 0 radical (unpaired) electrons. The fourth-order valence-electron chi connectivity index (χ4n) is 2.94. The van der Waals surface area contributed by atoms with Gasteiger partial charge in [-0.05, 0) is 31.0 Å².